The molecule has 0 bridgehead atoms. The van der Waals surface area contributed by atoms with Gasteiger partial charge in [-0.05, 0) is 50.3 Å². The van der Waals surface area contributed by atoms with Crippen molar-refractivity contribution in [3.63, 3.8) is 0 Å². The van der Waals surface area contributed by atoms with Crippen molar-refractivity contribution in [3.05, 3.63) is 35.4 Å². The van der Waals surface area contributed by atoms with Crippen molar-refractivity contribution in [2.75, 3.05) is 0 Å². The van der Waals surface area contributed by atoms with Crippen LogP contribution in [0.25, 0.3) is 0 Å². The number of hydrogen-bond acceptors (Lipinski definition) is 2. The molecule has 2 atom stereocenters. The van der Waals surface area contributed by atoms with E-state index < -0.39 is 5.97 Å². The second-order valence-corrected chi connectivity index (χ2v) is 5.79. The Morgan fingerprint density at radius 1 is 1.24 bits per heavy atom. The highest BCUT2D eigenvalue weighted by atomic mass is 16.4. The minimum Gasteiger partial charge on any atom is -0.478 e. The fraction of sp³-hybridized carbons (Fsp3) is 0.529. The lowest BCUT2D eigenvalue weighted by molar-refractivity contribution is -0.133. The number of aromatic carboxylic acids is 1. The van der Waals surface area contributed by atoms with Crippen molar-refractivity contribution in [1.82, 2.24) is 4.90 Å². The summed E-state index contributed by atoms with van der Waals surface area (Å²) in [5, 5.41) is 8.86. The normalized spacial score (nSPS) is 21.5. The van der Waals surface area contributed by atoms with E-state index >= 15 is 0 Å². The summed E-state index contributed by atoms with van der Waals surface area (Å²) in [7, 11) is 0. The van der Waals surface area contributed by atoms with Gasteiger partial charge in [0.2, 0.25) is 5.91 Å². The number of carbonyl (C=O) groups is 2. The molecule has 2 rings (SSSR count). The highest BCUT2D eigenvalue weighted by molar-refractivity contribution is 5.87. The van der Waals surface area contributed by atoms with Gasteiger partial charge in [-0.1, -0.05) is 19.1 Å². The molecule has 0 spiro atoms. The number of benzene rings is 1. The van der Waals surface area contributed by atoms with Crippen molar-refractivity contribution in [1.29, 1.82) is 0 Å². The summed E-state index contributed by atoms with van der Waals surface area (Å²) in [6.45, 7) is 4.25. The molecule has 1 aliphatic rings. The standard InChI is InChI=1S/C17H23NO3/c1-3-15-10-4-12(2)18(15)16(19)11-7-13-5-8-14(9-6-13)17(20)21/h5-6,8-9,12,15H,3-4,7,10-11H2,1-2H3,(H,20,21). The third kappa shape index (κ3) is 3.63. The lowest BCUT2D eigenvalue weighted by atomic mass is 10.1. The monoisotopic (exact) mass is 289 g/mol. The predicted molar refractivity (Wildman–Crippen MR) is 81.3 cm³/mol. The van der Waals surface area contributed by atoms with Gasteiger partial charge in [0.05, 0.1) is 5.56 Å². The molecule has 4 nitrogen and oxygen atoms in total. The Balaban J connectivity index is 1.93. The number of rotatable bonds is 5. The minimum atomic E-state index is -0.922. The van der Waals surface area contributed by atoms with Gasteiger partial charge in [-0.2, -0.15) is 0 Å². The van der Waals surface area contributed by atoms with Gasteiger partial charge >= 0.3 is 5.97 Å². The van der Waals surface area contributed by atoms with Crippen LogP contribution >= 0.6 is 0 Å². The van der Waals surface area contributed by atoms with Crippen LogP contribution in [-0.2, 0) is 11.2 Å². The van der Waals surface area contributed by atoms with Crippen LogP contribution in [0, 0.1) is 0 Å². The Morgan fingerprint density at radius 2 is 1.90 bits per heavy atom. The first-order valence-electron chi connectivity index (χ1n) is 7.66. The van der Waals surface area contributed by atoms with Crippen LogP contribution in [0.1, 0.15) is 55.5 Å². The first-order chi connectivity index (χ1) is 10.0. The quantitative estimate of drug-likeness (QED) is 0.906. The van der Waals surface area contributed by atoms with Crippen molar-refractivity contribution in [2.45, 2.75) is 58.0 Å². The third-order valence-corrected chi connectivity index (χ3v) is 4.37. The van der Waals surface area contributed by atoms with Crippen LogP contribution in [0.15, 0.2) is 24.3 Å². The molecular formula is C17H23NO3. The smallest absolute Gasteiger partial charge is 0.335 e. The van der Waals surface area contributed by atoms with Gasteiger partial charge in [0.15, 0.2) is 0 Å². The summed E-state index contributed by atoms with van der Waals surface area (Å²) in [6.07, 6.45) is 4.38. The fourth-order valence-electron chi connectivity index (χ4n) is 3.12. The second-order valence-electron chi connectivity index (χ2n) is 5.79. The number of hydrogen-bond donors (Lipinski definition) is 1. The number of nitrogens with zero attached hydrogens (tertiary/aromatic N) is 1. The fourth-order valence-corrected chi connectivity index (χ4v) is 3.12. The van der Waals surface area contributed by atoms with E-state index in [-0.39, 0.29) is 11.5 Å². The van der Waals surface area contributed by atoms with E-state index in [4.69, 9.17) is 5.11 Å². The Bertz CT molecular complexity index is 509. The number of carboxylic acids is 1. The molecule has 2 unspecified atom stereocenters. The zero-order valence-corrected chi connectivity index (χ0v) is 12.7. The molecular weight excluding hydrogens is 266 g/mol. The highest BCUT2D eigenvalue weighted by Crippen LogP contribution is 2.27. The summed E-state index contributed by atoms with van der Waals surface area (Å²) in [4.78, 5) is 25.2. The van der Waals surface area contributed by atoms with E-state index in [1.54, 1.807) is 24.3 Å². The van der Waals surface area contributed by atoms with E-state index in [0.717, 1.165) is 24.8 Å². The van der Waals surface area contributed by atoms with Gasteiger partial charge in [-0.3, -0.25) is 4.79 Å². The number of carbonyl (C=O) groups excluding carboxylic acids is 1. The summed E-state index contributed by atoms with van der Waals surface area (Å²) in [5.41, 5.74) is 1.29. The number of aryl methyl sites for hydroxylation is 1. The molecule has 0 aliphatic carbocycles. The molecule has 21 heavy (non-hydrogen) atoms. The topological polar surface area (TPSA) is 57.6 Å². The van der Waals surface area contributed by atoms with Gasteiger partial charge in [0.25, 0.3) is 0 Å². The zero-order chi connectivity index (χ0) is 15.4. The van der Waals surface area contributed by atoms with Crippen LogP contribution < -0.4 is 0 Å². The van der Waals surface area contributed by atoms with Crippen LogP contribution in [0.5, 0.6) is 0 Å². The van der Waals surface area contributed by atoms with Gasteiger partial charge < -0.3 is 10.0 Å². The SMILES string of the molecule is CCC1CCC(C)N1C(=O)CCc1ccc(C(=O)O)cc1. The van der Waals surface area contributed by atoms with E-state index in [0.29, 0.717) is 24.9 Å². The van der Waals surface area contributed by atoms with E-state index in [2.05, 4.69) is 13.8 Å². The number of amides is 1. The number of carboxylic acid groups (broad SMARTS) is 1. The first-order valence-corrected chi connectivity index (χ1v) is 7.66. The maximum Gasteiger partial charge on any atom is 0.335 e. The lowest BCUT2D eigenvalue weighted by Crippen LogP contribution is -2.39. The van der Waals surface area contributed by atoms with Crippen molar-refractivity contribution in [3.8, 4) is 0 Å². The summed E-state index contributed by atoms with van der Waals surface area (Å²) in [5.74, 6) is -0.705. The molecule has 1 saturated heterocycles. The molecule has 1 aromatic carbocycles. The summed E-state index contributed by atoms with van der Waals surface area (Å²) < 4.78 is 0. The third-order valence-electron chi connectivity index (χ3n) is 4.37. The maximum atomic E-state index is 12.4. The molecule has 1 fully saturated rings. The van der Waals surface area contributed by atoms with Crippen LogP contribution in [0.4, 0.5) is 0 Å². The van der Waals surface area contributed by atoms with Crippen molar-refractivity contribution < 1.29 is 14.7 Å². The average molecular weight is 289 g/mol. The van der Waals surface area contributed by atoms with Crippen molar-refractivity contribution in [2.24, 2.45) is 0 Å². The molecule has 1 aromatic rings. The summed E-state index contributed by atoms with van der Waals surface area (Å²) >= 11 is 0. The van der Waals surface area contributed by atoms with E-state index in [1.165, 1.54) is 0 Å². The Labute approximate surface area is 125 Å². The second kappa shape index (κ2) is 6.74. The van der Waals surface area contributed by atoms with Crippen LogP contribution in [-0.4, -0.2) is 34.0 Å². The van der Waals surface area contributed by atoms with Gasteiger partial charge in [-0.15, -0.1) is 0 Å². The Hall–Kier alpha value is -1.84. The Kier molecular flexibility index (Phi) is 4.99. The molecule has 1 heterocycles. The molecule has 1 amide bonds. The van der Waals surface area contributed by atoms with Crippen molar-refractivity contribution >= 4 is 11.9 Å². The molecule has 0 radical (unpaired) electrons. The van der Waals surface area contributed by atoms with Gasteiger partial charge in [-0.25, -0.2) is 4.79 Å². The molecule has 1 N–H and O–H groups in total. The molecule has 114 valence electrons. The molecule has 1 aliphatic heterocycles. The van der Waals surface area contributed by atoms with E-state index in [9.17, 15) is 9.59 Å². The average Bonchev–Trinajstić information content (AvgIpc) is 2.86. The zero-order valence-electron chi connectivity index (χ0n) is 12.7. The van der Waals surface area contributed by atoms with Gasteiger partial charge in [0, 0.05) is 18.5 Å². The Morgan fingerprint density at radius 3 is 2.48 bits per heavy atom. The molecule has 4 heteroatoms. The minimum absolute atomic E-state index is 0.217. The largest absolute Gasteiger partial charge is 0.478 e. The lowest BCUT2D eigenvalue weighted by Gasteiger charge is -2.28. The van der Waals surface area contributed by atoms with Gasteiger partial charge in [0.1, 0.15) is 0 Å². The predicted octanol–water partition coefficient (Wildman–Crippen LogP) is 3.11. The summed E-state index contributed by atoms with van der Waals surface area (Å²) in [6, 6.07) is 7.51. The molecule has 0 saturated carbocycles. The highest BCUT2D eigenvalue weighted by Gasteiger charge is 2.32. The van der Waals surface area contributed by atoms with Crippen LogP contribution in [0.3, 0.4) is 0 Å². The van der Waals surface area contributed by atoms with Crippen LogP contribution in [0.2, 0.25) is 0 Å². The van der Waals surface area contributed by atoms with E-state index in [1.807, 2.05) is 4.90 Å². The first kappa shape index (κ1) is 15.5. The number of likely N-dealkylation sites (tertiary alicyclic amines) is 1. The maximum absolute atomic E-state index is 12.4. The molecule has 0 aromatic heterocycles.